The molecule has 0 bridgehead atoms. The summed E-state index contributed by atoms with van der Waals surface area (Å²) in [6.45, 7) is 4.36. The number of hydrogen-bond donors (Lipinski definition) is 0. The highest BCUT2D eigenvalue weighted by Crippen LogP contribution is 2.30. The first-order chi connectivity index (χ1) is 10.9. The van der Waals surface area contributed by atoms with E-state index < -0.39 is 11.9 Å². The molecule has 1 heterocycles. The molecule has 5 heteroatoms. The largest absolute Gasteiger partial charge is 0.435 e. The van der Waals surface area contributed by atoms with E-state index in [0.717, 1.165) is 12.8 Å². The molecule has 0 saturated carbocycles. The van der Waals surface area contributed by atoms with Crippen LogP contribution in [0.15, 0.2) is 6.07 Å². The van der Waals surface area contributed by atoms with E-state index in [1.807, 2.05) is 0 Å². The van der Waals surface area contributed by atoms with Gasteiger partial charge in [0.25, 0.3) is 0 Å². The summed E-state index contributed by atoms with van der Waals surface area (Å²) in [4.78, 5) is 0. The van der Waals surface area contributed by atoms with Crippen molar-refractivity contribution < 1.29 is 13.2 Å². The Morgan fingerprint density at radius 2 is 1.57 bits per heavy atom. The maximum atomic E-state index is 12.8. The zero-order valence-electron chi connectivity index (χ0n) is 14.8. The number of halogens is 3. The average molecular weight is 332 g/mol. The minimum absolute atomic E-state index is 0.467. The Bertz CT molecular complexity index is 438. The Kier molecular flexibility index (Phi) is 8.71. The first kappa shape index (κ1) is 20.0. The molecule has 2 nitrogen and oxygen atoms in total. The quantitative estimate of drug-likeness (QED) is 0.444. The molecular formula is C18H31F3N2. The van der Waals surface area contributed by atoms with Crippen molar-refractivity contribution in [2.24, 2.45) is 13.0 Å². The van der Waals surface area contributed by atoms with E-state index in [0.29, 0.717) is 18.0 Å². The Labute approximate surface area is 138 Å². The van der Waals surface area contributed by atoms with Crippen molar-refractivity contribution in [1.82, 2.24) is 9.78 Å². The van der Waals surface area contributed by atoms with E-state index in [4.69, 9.17) is 0 Å². The fourth-order valence-electron chi connectivity index (χ4n) is 3.02. The van der Waals surface area contributed by atoms with Gasteiger partial charge in [0.05, 0.1) is 0 Å². The van der Waals surface area contributed by atoms with Crippen molar-refractivity contribution in [2.75, 3.05) is 0 Å². The van der Waals surface area contributed by atoms with E-state index in [2.05, 4.69) is 18.9 Å². The van der Waals surface area contributed by atoms with Gasteiger partial charge in [0.2, 0.25) is 0 Å². The number of aromatic nitrogens is 2. The second-order valence-corrected chi connectivity index (χ2v) is 6.56. The molecule has 0 fully saturated rings. The summed E-state index contributed by atoms with van der Waals surface area (Å²) in [7, 11) is 1.62. The first-order valence-electron chi connectivity index (χ1n) is 8.98. The van der Waals surface area contributed by atoms with Gasteiger partial charge in [0, 0.05) is 12.7 Å². The van der Waals surface area contributed by atoms with Crippen LogP contribution in [0.1, 0.15) is 83.0 Å². The van der Waals surface area contributed by atoms with Crippen molar-refractivity contribution in [3.63, 3.8) is 0 Å². The second-order valence-electron chi connectivity index (χ2n) is 6.56. The molecule has 134 valence electrons. The second kappa shape index (κ2) is 9.99. The molecule has 0 aliphatic rings. The van der Waals surface area contributed by atoms with Gasteiger partial charge in [-0.2, -0.15) is 18.3 Å². The van der Waals surface area contributed by atoms with Gasteiger partial charge in [0.1, 0.15) is 0 Å². The predicted molar refractivity (Wildman–Crippen MR) is 88.3 cm³/mol. The van der Waals surface area contributed by atoms with Gasteiger partial charge in [-0.1, -0.05) is 71.6 Å². The normalized spacial score (nSPS) is 13.5. The van der Waals surface area contributed by atoms with Crippen LogP contribution in [0.4, 0.5) is 13.2 Å². The van der Waals surface area contributed by atoms with Crippen LogP contribution in [0.5, 0.6) is 0 Å². The van der Waals surface area contributed by atoms with E-state index in [1.54, 1.807) is 7.05 Å². The van der Waals surface area contributed by atoms with E-state index >= 15 is 0 Å². The van der Waals surface area contributed by atoms with Crippen LogP contribution in [-0.2, 0) is 19.6 Å². The van der Waals surface area contributed by atoms with Gasteiger partial charge >= 0.3 is 6.18 Å². The van der Waals surface area contributed by atoms with E-state index in [9.17, 15) is 13.2 Å². The van der Waals surface area contributed by atoms with E-state index in [-0.39, 0.29) is 0 Å². The molecule has 0 aliphatic carbocycles. The van der Waals surface area contributed by atoms with Gasteiger partial charge in [-0.05, 0) is 18.4 Å². The predicted octanol–water partition coefficient (Wildman–Crippen LogP) is 6.15. The molecule has 0 saturated heterocycles. The molecule has 0 amide bonds. The number of unbranched alkanes of at least 4 members (excludes halogenated alkanes) is 5. The molecule has 1 aromatic heterocycles. The number of aryl methyl sites for hydroxylation is 1. The van der Waals surface area contributed by atoms with Gasteiger partial charge < -0.3 is 0 Å². The van der Waals surface area contributed by atoms with Gasteiger partial charge in [-0.25, -0.2) is 0 Å². The standard InChI is InChI=1S/C18H31F3N2/c1-4-6-8-10-12-15(11-9-7-5-2)13-16-14-17(18(19,20)21)22-23(16)3/h14-15H,4-13H2,1-3H3. The molecule has 23 heavy (non-hydrogen) atoms. The Hall–Kier alpha value is -1.00. The number of alkyl halides is 3. The summed E-state index contributed by atoms with van der Waals surface area (Å²) in [5.41, 5.74) is -0.0670. The topological polar surface area (TPSA) is 17.8 Å². The highest BCUT2D eigenvalue weighted by Gasteiger charge is 2.34. The molecule has 0 spiro atoms. The third-order valence-corrected chi connectivity index (χ3v) is 4.45. The summed E-state index contributed by atoms with van der Waals surface area (Å²) in [6, 6.07) is 1.22. The lowest BCUT2D eigenvalue weighted by atomic mass is 9.90. The van der Waals surface area contributed by atoms with Gasteiger partial charge in [0.15, 0.2) is 5.69 Å². The molecule has 1 rings (SSSR count). The van der Waals surface area contributed by atoms with E-state index in [1.165, 1.54) is 55.7 Å². The summed E-state index contributed by atoms with van der Waals surface area (Å²) in [5, 5.41) is 3.63. The Balaban J connectivity index is 2.65. The lowest BCUT2D eigenvalue weighted by Gasteiger charge is -2.17. The fraction of sp³-hybridized carbons (Fsp3) is 0.833. The third-order valence-electron chi connectivity index (χ3n) is 4.45. The highest BCUT2D eigenvalue weighted by atomic mass is 19.4. The number of nitrogens with zero attached hydrogens (tertiary/aromatic N) is 2. The molecule has 0 aliphatic heterocycles. The monoisotopic (exact) mass is 332 g/mol. The van der Waals surface area contributed by atoms with Crippen molar-refractivity contribution in [1.29, 1.82) is 0 Å². The lowest BCUT2D eigenvalue weighted by molar-refractivity contribution is -0.141. The first-order valence-corrected chi connectivity index (χ1v) is 8.98. The molecule has 1 atom stereocenters. The third kappa shape index (κ3) is 7.40. The molecular weight excluding hydrogens is 301 g/mol. The summed E-state index contributed by atoms with van der Waals surface area (Å²) >= 11 is 0. The molecule has 0 aromatic carbocycles. The van der Waals surface area contributed by atoms with Crippen molar-refractivity contribution >= 4 is 0 Å². The fourth-order valence-corrected chi connectivity index (χ4v) is 3.02. The SMILES string of the molecule is CCCCCCC(CCCCC)Cc1cc(C(F)(F)F)nn1C. The summed E-state index contributed by atoms with van der Waals surface area (Å²) < 4.78 is 39.7. The van der Waals surface area contributed by atoms with Crippen LogP contribution >= 0.6 is 0 Å². The molecule has 1 unspecified atom stereocenters. The van der Waals surface area contributed by atoms with Gasteiger partial charge in [-0.3, -0.25) is 4.68 Å². The van der Waals surface area contributed by atoms with Crippen LogP contribution in [0.2, 0.25) is 0 Å². The zero-order chi connectivity index (χ0) is 17.3. The summed E-state index contributed by atoms with van der Waals surface area (Å²) in [6.07, 6.45) is 6.94. The minimum Gasteiger partial charge on any atom is -0.272 e. The molecule has 0 N–H and O–H groups in total. The molecule has 0 radical (unpaired) electrons. The number of rotatable bonds is 11. The smallest absolute Gasteiger partial charge is 0.272 e. The van der Waals surface area contributed by atoms with Crippen molar-refractivity contribution in [2.45, 2.75) is 84.2 Å². The Morgan fingerprint density at radius 1 is 1.00 bits per heavy atom. The zero-order valence-corrected chi connectivity index (χ0v) is 14.8. The Morgan fingerprint density at radius 3 is 2.09 bits per heavy atom. The number of hydrogen-bond acceptors (Lipinski definition) is 1. The minimum atomic E-state index is -4.35. The highest BCUT2D eigenvalue weighted by molar-refractivity contribution is 5.13. The van der Waals surface area contributed by atoms with Gasteiger partial charge in [-0.15, -0.1) is 0 Å². The van der Waals surface area contributed by atoms with Crippen LogP contribution in [0, 0.1) is 5.92 Å². The molecule has 1 aromatic rings. The maximum Gasteiger partial charge on any atom is 0.435 e. The van der Waals surface area contributed by atoms with Crippen LogP contribution in [0.25, 0.3) is 0 Å². The van der Waals surface area contributed by atoms with Crippen LogP contribution < -0.4 is 0 Å². The van der Waals surface area contributed by atoms with Crippen molar-refractivity contribution in [3.8, 4) is 0 Å². The van der Waals surface area contributed by atoms with Crippen LogP contribution in [-0.4, -0.2) is 9.78 Å². The lowest BCUT2D eigenvalue weighted by Crippen LogP contribution is -2.09. The summed E-state index contributed by atoms with van der Waals surface area (Å²) in [5.74, 6) is 0.467. The van der Waals surface area contributed by atoms with Crippen LogP contribution in [0.3, 0.4) is 0 Å². The average Bonchev–Trinajstić information content (AvgIpc) is 2.85. The maximum absolute atomic E-state index is 12.8. The van der Waals surface area contributed by atoms with Crippen molar-refractivity contribution in [3.05, 3.63) is 17.5 Å².